The van der Waals surface area contributed by atoms with E-state index in [1.54, 1.807) is 6.07 Å². The molecule has 4 aromatic rings. The summed E-state index contributed by atoms with van der Waals surface area (Å²) in [7, 11) is 0. The molecule has 0 aliphatic carbocycles. The van der Waals surface area contributed by atoms with Crippen LogP contribution >= 0.6 is 11.3 Å². The molecule has 0 unspecified atom stereocenters. The highest BCUT2D eigenvalue weighted by Gasteiger charge is 2.37. The molecule has 5 nitrogen and oxygen atoms in total. The topological polar surface area (TPSA) is 46.3 Å². The van der Waals surface area contributed by atoms with Gasteiger partial charge in [-0.1, -0.05) is 50.5 Å². The van der Waals surface area contributed by atoms with Gasteiger partial charge in [-0.05, 0) is 44.0 Å². The van der Waals surface area contributed by atoms with E-state index in [4.69, 9.17) is 0 Å². The summed E-state index contributed by atoms with van der Waals surface area (Å²) in [4.78, 5) is 3.05. The van der Waals surface area contributed by atoms with Gasteiger partial charge in [0.25, 0.3) is 0 Å². The zero-order chi connectivity index (χ0) is 24.3. The van der Waals surface area contributed by atoms with Crippen LogP contribution in [-0.2, 0) is 6.18 Å². The van der Waals surface area contributed by atoms with Gasteiger partial charge in [0.15, 0.2) is 17.2 Å². The second kappa shape index (κ2) is 10.1. The van der Waals surface area contributed by atoms with E-state index in [2.05, 4.69) is 34.0 Å². The van der Waals surface area contributed by atoms with E-state index in [1.807, 2.05) is 37.3 Å². The second-order valence-electron chi connectivity index (χ2n) is 8.40. The van der Waals surface area contributed by atoms with Crippen molar-refractivity contribution in [2.75, 3.05) is 18.0 Å². The highest BCUT2D eigenvalue weighted by Crippen LogP contribution is 2.30. The maximum atomic E-state index is 13.9. The molecule has 3 aromatic heterocycles. The van der Waals surface area contributed by atoms with Crippen molar-refractivity contribution in [2.24, 2.45) is 0 Å². The molecule has 9 heteroatoms. The van der Waals surface area contributed by atoms with Gasteiger partial charge >= 0.3 is 6.18 Å². The van der Waals surface area contributed by atoms with Crippen LogP contribution in [0.1, 0.15) is 55.7 Å². The van der Waals surface area contributed by atoms with E-state index < -0.39 is 11.9 Å². The van der Waals surface area contributed by atoms with Crippen LogP contribution in [0, 0.1) is 6.92 Å². The lowest BCUT2D eigenvalue weighted by Gasteiger charge is -2.22. The number of aromatic nitrogens is 4. The third-order valence-electron chi connectivity index (χ3n) is 5.66. The largest absolute Gasteiger partial charge is 0.435 e. The standard InChI is InChI=1S/C25H28F3N5S/c1-4-6-13-32(14-7-5-2)21-12-11-19(34-21)16-20-22(25(26,27)28)31-33-23(29-30-24(20)33)18-10-8-9-17(3)15-18/h8-12,15-16H,4-7,13-14H2,1-3H3/b20-16-. The minimum absolute atomic E-state index is 0.0547. The molecule has 0 fully saturated rings. The first-order valence-corrected chi connectivity index (χ1v) is 12.4. The Kier molecular flexibility index (Phi) is 7.21. The predicted molar refractivity (Wildman–Crippen MR) is 131 cm³/mol. The first-order chi connectivity index (χ1) is 16.3. The normalized spacial score (nSPS) is 12.7. The molecule has 0 aliphatic heterocycles. The molecule has 0 aliphatic rings. The molecule has 34 heavy (non-hydrogen) atoms. The fourth-order valence-electron chi connectivity index (χ4n) is 3.87. The van der Waals surface area contributed by atoms with Crippen molar-refractivity contribution in [2.45, 2.75) is 52.6 Å². The number of thiophene rings is 1. The Morgan fingerprint density at radius 2 is 1.76 bits per heavy atom. The summed E-state index contributed by atoms with van der Waals surface area (Å²) in [6.07, 6.45) is 1.27. The van der Waals surface area contributed by atoms with Crippen molar-refractivity contribution in [1.82, 2.24) is 19.8 Å². The van der Waals surface area contributed by atoms with Crippen LogP contribution < -0.4 is 10.1 Å². The Morgan fingerprint density at radius 3 is 2.41 bits per heavy atom. The summed E-state index contributed by atoms with van der Waals surface area (Å²) in [5, 5.41) is 13.2. The smallest absolute Gasteiger partial charge is 0.363 e. The fourth-order valence-corrected chi connectivity index (χ4v) is 4.87. The van der Waals surface area contributed by atoms with Crippen LogP contribution in [0.15, 0.2) is 36.4 Å². The molecule has 180 valence electrons. The lowest BCUT2D eigenvalue weighted by atomic mass is 10.1. The summed E-state index contributed by atoms with van der Waals surface area (Å²) in [5.74, 6) is 0.293. The number of nitrogens with zero attached hydrogens (tertiary/aromatic N) is 5. The van der Waals surface area contributed by atoms with Crippen LogP contribution in [0.3, 0.4) is 0 Å². The number of anilines is 1. The summed E-state index contributed by atoms with van der Waals surface area (Å²) < 4.78 is 43.0. The Morgan fingerprint density at radius 1 is 1.03 bits per heavy atom. The molecule has 0 spiro atoms. The number of fused-ring (bicyclic) bond motifs is 1. The number of aryl methyl sites for hydroxylation is 1. The average Bonchev–Trinajstić information content (AvgIpc) is 3.50. The third-order valence-corrected chi connectivity index (χ3v) is 6.75. The molecule has 0 amide bonds. The van der Waals surface area contributed by atoms with Gasteiger partial charge < -0.3 is 4.90 Å². The van der Waals surface area contributed by atoms with Crippen molar-refractivity contribution in [3.63, 3.8) is 0 Å². The molecule has 0 atom stereocenters. The van der Waals surface area contributed by atoms with E-state index in [0.717, 1.165) is 54.2 Å². The fraction of sp³-hybridized carbons (Fsp3) is 0.400. The number of halogens is 3. The van der Waals surface area contributed by atoms with E-state index in [9.17, 15) is 13.2 Å². The van der Waals surface area contributed by atoms with Gasteiger partial charge in [-0.3, -0.25) is 0 Å². The molecule has 0 bridgehead atoms. The van der Waals surface area contributed by atoms with E-state index in [0.29, 0.717) is 11.4 Å². The van der Waals surface area contributed by atoms with Crippen molar-refractivity contribution >= 4 is 28.1 Å². The van der Waals surface area contributed by atoms with Gasteiger partial charge in [-0.2, -0.15) is 22.8 Å². The van der Waals surface area contributed by atoms with Gasteiger partial charge in [-0.25, -0.2) is 0 Å². The second-order valence-corrected chi connectivity index (χ2v) is 9.50. The number of hydrogen-bond acceptors (Lipinski definition) is 5. The molecule has 0 radical (unpaired) electrons. The van der Waals surface area contributed by atoms with E-state index in [1.165, 1.54) is 21.9 Å². The van der Waals surface area contributed by atoms with Gasteiger partial charge in [-0.15, -0.1) is 21.5 Å². The van der Waals surface area contributed by atoms with E-state index >= 15 is 0 Å². The minimum Gasteiger partial charge on any atom is -0.363 e. The molecule has 4 rings (SSSR count). The Labute approximate surface area is 200 Å². The number of unbranched alkanes of at least 4 members (excludes halogenated alkanes) is 2. The van der Waals surface area contributed by atoms with Gasteiger partial charge in [0, 0.05) is 23.5 Å². The average molecular weight is 488 g/mol. The molecule has 3 heterocycles. The lowest BCUT2D eigenvalue weighted by Crippen LogP contribution is -2.24. The predicted octanol–water partition coefficient (Wildman–Crippen LogP) is 6.13. The molecule has 1 aromatic carbocycles. The zero-order valence-electron chi connectivity index (χ0n) is 19.6. The van der Waals surface area contributed by atoms with E-state index in [-0.39, 0.29) is 10.9 Å². The van der Waals surface area contributed by atoms with Crippen molar-refractivity contribution in [3.05, 3.63) is 57.8 Å². The Balaban J connectivity index is 1.79. The number of hydrogen-bond donors (Lipinski definition) is 0. The Hall–Kier alpha value is -2.94. The van der Waals surface area contributed by atoms with Crippen molar-refractivity contribution in [3.8, 4) is 11.4 Å². The highest BCUT2D eigenvalue weighted by atomic mass is 32.1. The summed E-state index contributed by atoms with van der Waals surface area (Å²) >= 11 is 1.49. The molecule has 0 N–H and O–H groups in total. The first-order valence-electron chi connectivity index (χ1n) is 11.6. The first kappa shape index (κ1) is 24.2. The number of alkyl halides is 3. The molecular weight excluding hydrogens is 459 g/mol. The maximum absolute atomic E-state index is 13.9. The van der Waals surface area contributed by atoms with Crippen LogP contribution in [-0.4, -0.2) is 32.9 Å². The SMILES string of the molecule is CCCCN(CCCC)c1ccc(/C=c2/c(C(F)(F)F)nn3c(-c4cccc(C)c4)nnc23)s1. The van der Waals surface area contributed by atoms with Gasteiger partial charge in [0.1, 0.15) is 0 Å². The highest BCUT2D eigenvalue weighted by molar-refractivity contribution is 7.16. The maximum Gasteiger partial charge on any atom is 0.435 e. The summed E-state index contributed by atoms with van der Waals surface area (Å²) in [5.41, 5.74) is 0.805. The molecule has 0 saturated carbocycles. The summed E-state index contributed by atoms with van der Waals surface area (Å²) in [6, 6.07) is 11.3. The zero-order valence-corrected chi connectivity index (χ0v) is 20.4. The molecule has 0 saturated heterocycles. The number of benzene rings is 1. The van der Waals surface area contributed by atoms with Crippen LogP contribution in [0.2, 0.25) is 0 Å². The third kappa shape index (κ3) is 5.09. The quantitative estimate of drug-likeness (QED) is 0.285. The summed E-state index contributed by atoms with van der Waals surface area (Å²) in [6.45, 7) is 8.11. The van der Waals surface area contributed by atoms with Gasteiger partial charge in [0.2, 0.25) is 0 Å². The monoisotopic (exact) mass is 487 g/mol. The van der Waals surface area contributed by atoms with Gasteiger partial charge in [0.05, 0.1) is 10.2 Å². The van der Waals surface area contributed by atoms with Crippen LogP contribution in [0.4, 0.5) is 18.2 Å². The Bertz CT molecular complexity index is 1300. The van der Waals surface area contributed by atoms with Crippen LogP contribution in [0.25, 0.3) is 23.1 Å². The van der Waals surface area contributed by atoms with Crippen molar-refractivity contribution in [1.29, 1.82) is 0 Å². The molecular formula is C25H28F3N5S. The van der Waals surface area contributed by atoms with Crippen molar-refractivity contribution < 1.29 is 13.2 Å². The minimum atomic E-state index is -4.61. The van der Waals surface area contributed by atoms with Crippen LogP contribution in [0.5, 0.6) is 0 Å². The lowest BCUT2D eigenvalue weighted by molar-refractivity contribution is -0.142. The number of rotatable bonds is 9.